The van der Waals surface area contributed by atoms with Crippen LogP contribution in [-0.2, 0) is 14.8 Å². The van der Waals surface area contributed by atoms with E-state index in [1.807, 2.05) is 6.07 Å². The first-order chi connectivity index (χ1) is 15.9. The minimum atomic E-state index is -3.67. The van der Waals surface area contributed by atoms with Crippen molar-refractivity contribution < 1.29 is 22.7 Å². The average molecular weight is 490 g/mol. The second-order valence-corrected chi connectivity index (χ2v) is 10.9. The highest BCUT2D eigenvalue weighted by atomic mass is 32.2. The third-order valence-corrected chi connectivity index (χ3v) is 8.76. The zero-order valence-electron chi connectivity index (χ0n) is 18.4. The Morgan fingerprint density at radius 3 is 2.48 bits per heavy atom. The maximum Gasteiger partial charge on any atom is 0.255 e. The van der Waals surface area contributed by atoms with E-state index in [9.17, 15) is 18.0 Å². The van der Waals surface area contributed by atoms with E-state index in [-0.39, 0.29) is 22.4 Å². The number of nitrogens with zero attached hydrogens (tertiary/aromatic N) is 2. The van der Waals surface area contributed by atoms with Gasteiger partial charge in [0.15, 0.2) is 0 Å². The van der Waals surface area contributed by atoms with E-state index < -0.39 is 16.1 Å². The predicted octanol–water partition coefficient (Wildman–Crippen LogP) is 3.02. The number of piperidine rings is 1. The van der Waals surface area contributed by atoms with Crippen LogP contribution in [0.3, 0.4) is 0 Å². The number of rotatable bonds is 6. The number of carbonyl (C=O) groups is 2. The van der Waals surface area contributed by atoms with Crippen molar-refractivity contribution in [1.29, 1.82) is 0 Å². The van der Waals surface area contributed by atoms with Gasteiger partial charge in [0.25, 0.3) is 5.91 Å². The van der Waals surface area contributed by atoms with E-state index in [0.717, 1.165) is 19.3 Å². The summed E-state index contributed by atoms with van der Waals surface area (Å²) in [4.78, 5) is 27.7. The molecule has 0 bridgehead atoms. The summed E-state index contributed by atoms with van der Waals surface area (Å²) in [5.74, 6) is 0.627. The standard InChI is InChI=1S/C23H27N3O5S2/c1-31-21-11-10-18(33(29,30)25-12-6-3-7-13-25)14-19(21)24-22(27)20-15-32-16-26(20)23(28)17-8-4-2-5-9-17/h2,4-5,8-11,14,20H,3,6-7,12-13,15-16H2,1H3,(H,24,27)/t20-/m0/s1. The lowest BCUT2D eigenvalue weighted by molar-refractivity contribution is -0.119. The summed E-state index contributed by atoms with van der Waals surface area (Å²) in [6, 6.07) is 12.6. The van der Waals surface area contributed by atoms with Crippen molar-refractivity contribution in [2.75, 3.05) is 37.1 Å². The van der Waals surface area contributed by atoms with Crippen LogP contribution >= 0.6 is 11.8 Å². The molecule has 2 saturated heterocycles. The minimum Gasteiger partial charge on any atom is -0.495 e. The number of carbonyl (C=O) groups excluding carboxylic acids is 2. The van der Waals surface area contributed by atoms with Crippen molar-refractivity contribution in [3.63, 3.8) is 0 Å². The van der Waals surface area contributed by atoms with Crippen molar-refractivity contribution in [2.45, 2.75) is 30.2 Å². The van der Waals surface area contributed by atoms with Gasteiger partial charge in [-0.25, -0.2) is 8.42 Å². The van der Waals surface area contributed by atoms with Gasteiger partial charge in [-0.2, -0.15) is 4.31 Å². The highest BCUT2D eigenvalue weighted by Crippen LogP contribution is 2.31. The van der Waals surface area contributed by atoms with Gasteiger partial charge in [-0.1, -0.05) is 24.6 Å². The molecule has 176 valence electrons. The summed E-state index contributed by atoms with van der Waals surface area (Å²) >= 11 is 1.50. The van der Waals surface area contributed by atoms with Crippen LogP contribution in [0.2, 0.25) is 0 Å². The molecule has 0 unspecified atom stereocenters. The number of nitrogens with one attached hydrogen (secondary N) is 1. The van der Waals surface area contributed by atoms with Gasteiger partial charge in [0, 0.05) is 24.4 Å². The Labute approximate surface area is 198 Å². The first-order valence-corrected chi connectivity index (χ1v) is 13.4. The summed E-state index contributed by atoms with van der Waals surface area (Å²) in [6.07, 6.45) is 2.70. The lowest BCUT2D eigenvalue weighted by atomic mass is 10.1. The van der Waals surface area contributed by atoms with Crippen LogP contribution in [0.4, 0.5) is 5.69 Å². The fourth-order valence-electron chi connectivity index (χ4n) is 4.02. The molecule has 2 heterocycles. The number of sulfonamides is 1. The molecule has 2 aliphatic heterocycles. The molecule has 1 N–H and O–H groups in total. The molecule has 0 saturated carbocycles. The summed E-state index contributed by atoms with van der Waals surface area (Å²) in [7, 11) is -2.21. The molecule has 2 aliphatic rings. The molecule has 33 heavy (non-hydrogen) atoms. The van der Waals surface area contributed by atoms with Crippen LogP contribution in [0, 0.1) is 0 Å². The number of anilines is 1. The molecular formula is C23H27N3O5S2. The molecule has 8 nitrogen and oxygen atoms in total. The molecule has 2 aromatic rings. The Bertz CT molecular complexity index is 1120. The third-order valence-electron chi connectivity index (χ3n) is 5.85. The molecule has 2 fully saturated rings. The van der Waals surface area contributed by atoms with Gasteiger partial charge >= 0.3 is 0 Å². The van der Waals surface area contributed by atoms with Gasteiger partial charge in [0.2, 0.25) is 15.9 Å². The number of methoxy groups -OCH3 is 1. The molecule has 0 aromatic heterocycles. The van der Waals surface area contributed by atoms with Crippen LogP contribution in [0.25, 0.3) is 0 Å². The topological polar surface area (TPSA) is 96.0 Å². The molecule has 4 rings (SSSR count). The summed E-state index contributed by atoms with van der Waals surface area (Å²) in [5.41, 5.74) is 0.787. The van der Waals surface area contributed by atoms with Crippen molar-refractivity contribution in [2.24, 2.45) is 0 Å². The number of hydrogen-bond donors (Lipinski definition) is 1. The van der Waals surface area contributed by atoms with E-state index in [1.54, 1.807) is 30.3 Å². The molecule has 2 amide bonds. The number of thioether (sulfide) groups is 1. The van der Waals surface area contributed by atoms with Gasteiger partial charge in [0.1, 0.15) is 11.8 Å². The Balaban J connectivity index is 1.55. The highest BCUT2D eigenvalue weighted by Gasteiger charge is 2.36. The number of hydrogen-bond acceptors (Lipinski definition) is 6. The summed E-state index contributed by atoms with van der Waals surface area (Å²) < 4.78 is 33.0. The lowest BCUT2D eigenvalue weighted by Gasteiger charge is -2.26. The Morgan fingerprint density at radius 1 is 1.06 bits per heavy atom. The quantitative estimate of drug-likeness (QED) is 0.670. The van der Waals surface area contributed by atoms with Crippen molar-refractivity contribution >= 4 is 39.3 Å². The first kappa shape index (κ1) is 23.6. The van der Waals surface area contributed by atoms with Crippen LogP contribution in [-0.4, -0.2) is 67.3 Å². The largest absolute Gasteiger partial charge is 0.495 e. The van der Waals surface area contributed by atoms with Gasteiger partial charge in [-0.3, -0.25) is 9.59 Å². The van der Waals surface area contributed by atoms with Gasteiger partial charge in [0.05, 0.1) is 23.6 Å². The van der Waals surface area contributed by atoms with Crippen molar-refractivity contribution in [1.82, 2.24) is 9.21 Å². The maximum atomic E-state index is 13.2. The summed E-state index contributed by atoms with van der Waals surface area (Å²) in [6.45, 7) is 0.984. The Hall–Kier alpha value is -2.56. The van der Waals surface area contributed by atoms with Crippen LogP contribution in [0.5, 0.6) is 5.75 Å². The fourth-order valence-corrected chi connectivity index (χ4v) is 6.72. The van der Waals surface area contributed by atoms with Crippen LogP contribution in [0.1, 0.15) is 29.6 Å². The second kappa shape index (κ2) is 10.1. The van der Waals surface area contributed by atoms with Gasteiger partial charge in [-0.15, -0.1) is 11.8 Å². The van der Waals surface area contributed by atoms with Gasteiger partial charge < -0.3 is 15.0 Å². The van der Waals surface area contributed by atoms with Crippen molar-refractivity contribution in [3.05, 3.63) is 54.1 Å². The zero-order chi connectivity index (χ0) is 23.4. The minimum absolute atomic E-state index is 0.110. The normalized spacial score (nSPS) is 19.3. The predicted molar refractivity (Wildman–Crippen MR) is 128 cm³/mol. The monoisotopic (exact) mass is 489 g/mol. The lowest BCUT2D eigenvalue weighted by Crippen LogP contribution is -2.44. The highest BCUT2D eigenvalue weighted by molar-refractivity contribution is 7.99. The second-order valence-electron chi connectivity index (χ2n) is 7.97. The SMILES string of the molecule is COc1ccc(S(=O)(=O)N2CCCCC2)cc1NC(=O)[C@@H]1CSCN1C(=O)c1ccccc1. The molecule has 2 aromatic carbocycles. The van der Waals surface area contributed by atoms with Crippen molar-refractivity contribution in [3.8, 4) is 5.75 Å². The van der Waals surface area contributed by atoms with E-state index in [0.29, 0.717) is 36.0 Å². The van der Waals surface area contributed by atoms with Crippen LogP contribution in [0.15, 0.2) is 53.4 Å². The molecule has 0 aliphatic carbocycles. The molecule has 1 atom stereocenters. The number of benzene rings is 2. The van der Waals surface area contributed by atoms with E-state index in [1.165, 1.54) is 40.2 Å². The smallest absolute Gasteiger partial charge is 0.255 e. The molecular weight excluding hydrogens is 462 g/mol. The van der Waals surface area contributed by atoms with E-state index in [4.69, 9.17) is 4.74 Å². The third kappa shape index (κ3) is 5.02. The van der Waals surface area contributed by atoms with Crippen LogP contribution < -0.4 is 10.1 Å². The first-order valence-electron chi connectivity index (χ1n) is 10.8. The zero-order valence-corrected chi connectivity index (χ0v) is 20.0. The van der Waals surface area contributed by atoms with E-state index >= 15 is 0 Å². The average Bonchev–Trinajstić information content (AvgIpc) is 3.35. The van der Waals surface area contributed by atoms with Gasteiger partial charge in [-0.05, 0) is 43.2 Å². The Morgan fingerprint density at radius 2 is 1.79 bits per heavy atom. The number of amides is 2. The molecule has 0 radical (unpaired) electrons. The fraction of sp³-hybridized carbons (Fsp3) is 0.391. The molecule has 0 spiro atoms. The summed E-state index contributed by atoms with van der Waals surface area (Å²) in [5, 5.41) is 2.80. The Kier molecular flexibility index (Phi) is 7.26. The maximum absolute atomic E-state index is 13.2. The molecule has 10 heteroatoms. The number of ether oxygens (including phenoxy) is 1. The van der Waals surface area contributed by atoms with E-state index in [2.05, 4.69) is 5.32 Å².